The van der Waals surface area contributed by atoms with E-state index in [0.717, 1.165) is 23.5 Å². The van der Waals surface area contributed by atoms with Crippen molar-refractivity contribution in [1.29, 1.82) is 0 Å². The molecule has 0 bridgehead atoms. The fraction of sp³-hybridized carbons (Fsp3) is 0.304. The van der Waals surface area contributed by atoms with E-state index in [1.807, 2.05) is 6.92 Å². The number of nitrogens with one attached hydrogen (secondary N) is 1. The topological polar surface area (TPSA) is 101 Å². The number of benzene rings is 2. The third-order valence-corrected chi connectivity index (χ3v) is 7.03. The Labute approximate surface area is 190 Å². The van der Waals surface area contributed by atoms with Gasteiger partial charge in [0.15, 0.2) is 0 Å². The highest BCUT2D eigenvalue weighted by Gasteiger charge is 2.31. The molecule has 31 heavy (non-hydrogen) atoms. The van der Waals surface area contributed by atoms with Gasteiger partial charge < -0.3 is 10.4 Å². The molecule has 8 heteroatoms. The van der Waals surface area contributed by atoms with E-state index in [9.17, 15) is 24.3 Å². The third kappa shape index (κ3) is 7.56. The van der Waals surface area contributed by atoms with Crippen LogP contribution in [0.25, 0.3) is 0 Å². The highest BCUT2D eigenvalue weighted by molar-refractivity contribution is 8.18. The van der Waals surface area contributed by atoms with E-state index in [1.54, 1.807) is 67.6 Å². The molecule has 0 saturated heterocycles. The first-order valence-electron chi connectivity index (χ1n) is 9.84. The fourth-order valence-electron chi connectivity index (χ4n) is 2.67. The largest absolute Gasteiger partial charge is 0.480 e. The molecule has 0 saturated carbocycles. The lowest BCUT2D eigenvalue weighted by Gasteiger charge is -2.23. The third-order valence-electron chi connectivity index (χ3n) is 4.70. The van der Waals surface area contributed by atoms with Crippen molar-refractivity contribution in [3.8, 4) is 0 Å². The Balaban J connectivity index is 2.15. The standard InChI is InChI=1S/C23H25NO5S2/c1-3-15(2)19(21(26)27)24-20(25)18(31-23(29)17-12-8-5-9-13-17)14-30-22(28)16-10-6-4-7-11-16/h4-13,15,18-19H,3,14H2,1-2H3,(H,24,25)(H,26,27)/t15-,18+,19-/m0/s1. The van der Waals surface area contributed by atoms with E-state index in [0.29, 0.717) is 17.5 Å². The molecule has 0 heterocycles. The van der Waals surface area contributed by atoms with E-state index in [-0.39, 0.29) is 21.9 Å². The SMILES string of the molecule is CC[C@H](C)[C@H](NC(=O)[C@@H](CSC(=O)c1ccccc1)SC(=O)c1ccccc1)C(=O)O. The molecule has 1 amide bonds. The number of carbonyl (C=O) groups is 4. The number of carboxylic acid groups (broad SMARTS) is 1. The van der Waals surface area contributed by atoms with E-state index < -0.39 is 23.2 Å². The van der Waals surface area contributed by atoms with Gasteiger partial charge in [-0.25, -0.2) is 4.79 Å². The van der Waals surface area contributed by atoms with Crippen molar-refractivity contribution < 1.29 is 24.3 Å². The molecule has 0 radical (unpaired) electrons. The molecule has 0 spiro atoms. The van der Waals surface area contributed by atoms with Gasteiger partial charge in [0.25, 0.3) is 0 Å². The minimum atomic E-state index is -1.13. The van der Waals surface area contributed by atoms with Crippen LogP contribution < -0.4 is 5.32 Å². The molecule has 2 aromatic carbocycles. The molecule has 0 unspecified atom stereocenters. The number of thioether (sulfide) groups is 2. The molecular weight excluding hydrogens is 434 g/mol. The molecular formula is C23H25NO5S2. The van der Waals surface area contributed by atoms with Crippen molar-refractivity contribution in [2.24, 2.45) is 5.92 Å². The Bertz CT molecular complexity index is 905. The Morgan fingerprint density at radius 2 is 1.42 bits per heavy atom. The van der Waals surface area contributed by atoms with Crippen molar-refractivity contribution in [3.05, 3.63) is 71.8 Å². The van der Waals surface area contributed by atoms with Crippen LogP contribution in [0.5, 0.6) is 0 Å². The number of hydrogen-bond acceptors (Lipinski definition) is 6. The van der Waals surface area contributed by atoms with Crippen molar-refractivity contribution in [3.63, 3.8) is 0 Å². The first kappa shape index (κ1) is 24.7. The van der Waals surface area contributed by atoms with Crippen LogP contribution in [0.3, 0.4) is 0 Å². The predicted molar refractivity (Wildman–Crippen MR) is 124 cm³/mol. The van der Waals surface area contributed by atoms with E-state index in [4.69, 9.17) is 0 Å². The second kappa shape index (κ2) is 12.3. The van der Waals surface area contributed by atoms with E-state index in [2.05, 4.69) is 5.32 Å². The maximum absolute atomic E-state index is 12.9. The molecule has 6 nitrogen and oxygen atoms in total. The molecule has 2 aromatic rings. The van der Waals surface area contributed by atoms with Crippen LogP contribution >= 0.6 is 23.5 Å². The predicted octanol–water partition coefficient (Wildman–Crippen LogP) is 4.12. The minimum absolute atomic E-state index is 0.0373. The summed E-state index contributed by atoms with van der Waals surface area (Å²) in [7, 11) is 0. The summed E-state index contributed by atoms with van der Waals surface area (Å²) in [5.41, 5.74) is 0.926. The number of aliphatic carboxylic acids is 1. The maximum atomic E-state index is 12.9. The lowest BCUT2D eigenvalue weighted by Crippen LogP contribution is -2.48. The highest BCUT2D eigenvalue weighted by Crippen LogP contribution is 2.24. The lowest BCUT2D eigenvalue weighted by atomic mass is 9.99. The van der Waals surface area contributed by atoms with Crippen LogP contribution in [0.1, 0.15) is 41.0 Å². The average Bonchev–Trinajstić information content (AvgIpc) is 2.80. The number of carboxylic acids is 1. The van der Waals surface area contributed by atoms with Gasteiger partial charge in [-0.3, -0.25) is 14.4 Å². The Hall–Kier alpha value is -2.58. The van der Waals surface area contributed by atoms with Crippen LogP contribution in [0.15, 0.2) is 60.7 Å². The van der Waals surface area contributed by atoms with Crippen LogP contribution in [-0.2, 0) is 9.59 Å². The van der Waals surface area contributed by atoms with Crippen molar-refractivity contribution >= 4 is 45.6 Å². The van der Waals surface area contributed by atoms with Gasteiger partial charge in [0.05, 0.1) is 0 Å². The number of amides is 1. The summed E-state index contributed by atoms with van der Waals surface area (Å²) >= 11 is 1.73. The second-order valence-electron chi connectivity index (χ2n) is 6.93. The van der Waals surface area contributed by atoms with Crippen LogP contribution in [-0.4, -0.2) is 44.3 Å². The molecule has 0 aliphatic heterocycles. The summed E-state index contributed by atoms with van der Waals surface area (Å²) in [6, 6.07) is 16.1. The van der Waals surface area contributed by atoms with E-state index >= 15 is 0 Å². The minimum Gasteiger partial charge on any atom is -0.480 e. The van der Waals surface area contributed by atoms with Gasteiger partial charge in [-0.1, -0.05) is 104 Å². The van der Waals surface area contributed by atoms with Gasteiger partial charge in [0.1, 0.15) is 11.3 Å². The summed E-state index contributed by atoms with van der Waals surface area (Å²) in [6.07, 6.45) is 0.569. The average molecular weight is 460 g/mol. The number of carbonyl (C=O) groups excluding carboxylic acids is 3. The summed E-state index contributed by atoms with van der Waals surface area (Å²) in [6.45, 7) is 3.58. The van der Waals surface area contributed by atoms with Crippen molar-refractivity contribution in [2.75, 3.05) is 5.75 Å². The quantitative estimate of drug-likeness (QED) is 0.551. The van der Waals surface area contributed by atoms with Gasteiger partial charge in [-0.15, -0.1) is 0 Å². The number of hydrogen-bond donors (Lipinski definition) is 2. The highest BCUT2D eigenvalue weighted by atomic mass is 32.2. The lowest BCUT2D eigenvalue weighted by molar-refractivity contribution is -0.143. The van der Waals surface area contributed by atoms with Crippen LogP contribution in [0, 0.1) is 5.92 Å². The zero-order valence-corrected chi connectivity index (χ0v) is 18.9. The number of rotatable bonds is 10. The molecule has 0 aromatic heterocycles. The first-order valence-corrected chi connectivity index (χ1v) is 11.7. The fourth-order valence-corrected chi connectivity index (χ4v) is 4.61. The molecule has 0 aliphatic rings. The summed E-state index contributed by atoms with van der Waals surface area (Å²) in [5, 5.41) is 10.6. The smallest absolute Gasteiger partial charge is 0.326 e. The normalized spacial score (nSPS) is 13.6. The summed E-state index contributed by atoms with van der Waals surface area (Å²) in [5.74, 6) is -1.95. The van der Waals surface area contributed by atoms with Gasteiger partial charge in [-0.05, 0) is 5.92 Å². The molecule has 2 N–H and O–H groups in total. The van der Waals surface area contributed by atoms with Gasteiger partial charge >= 0.3 is 5.97 Å². The zero-order valence-electron chi connectivity index (χ0n) is 17.3. The zero-order chi connectivity index (χ0) is 22.8. The van der Waals surface area contributed by atoms with Crippen molar-refractivity contribution in [1.82, 2.24) is 5.32 Å². The summed E-state index contributed by atoms with van der Waals surface area (Å²) < 4.78 is 0. The summed E-state index contributed by atoms with van der Waals surface area (Å²) in [4.78, 5) is 49.6. The van der Waals surface area contributed by atoms with Gasteiger partial charge in [0.2, 0.25) is 16.1 Å². The van der Waals surface area contributed by atoms with Crippen molar-refractivity contribution in [2.45, 2.75) is 31.6 Å². The maximum Gasteiger partial charge on any atom is 0.326 e. The molecule has 2 rings (SSSR count). The monoisotopic (exact) mass is 459 g/mol. The second-order valence-corrected chi connectivity index (χ2v) is 9.10. The molecule has 0 fully saturated rings. The molecule has 164 valence electrons. The van der Waals surface area contributed by atoms with Crippen LogP contribution in [0.2, 0.25) is 0 Å². The van der Waals surface area contributed by atoms with Gasteiger partial charge in [-0.2, -0.15) is 0 Å². The Kier molecular flexibility index (Phi) is 9.81. The molecule has 3 atom stereocenters. The Morgan fingerprint density at radius 3 is 1.90 bits per heavy atom. The first-order chi connectivity index (χ1) is 14.8. The van der Waals surface area contributed by atoms with Gasteiger partial charge in [0, 0.05) is 16.9 Å². The van der Waals surface area contributed by atoms with E-state index in [1.165, 1.54) is 0 Å². The Morgan fingerprint density at radius 1 is 0.903 bits per heavy atom. The van der Waals surface area contributed by atoms with Crippen LogP contribution in [0.4, 0.5) is 0 Å². The molecule has 0 aliphatic carbocycles.